The monoisotopic (exact) mass is 395 g/mol. The zero-order chi connectivity index (χ0) is 20.5. The molecule has 0 spiro atoms. The Labute approximate surface area is 177 Å². The summed E-state index contributed by atoms with van der Waals surface area (Å²) in [5.41, 5.74) is 1.66. The van der Waals surface area contributed by atoms with E-state index in [1.165, 1.54) is 38.5 Å². The van der Waals surface area contributed by atoms with Crippen LogP contribution in [-0.2, 0) is 0 Å². The number of hydrazone groups is 1. The first-order chi connectivity index (χ1) is 14.2. The molecule has 1 aliphatic carbocycles. The van der Waals surface area contributed by atoms with Crippen molar-refractivity contribution in [3.8, 4) is 0 Å². The highest BCUT2D eigenvalue weighted by Gasteiger charge is 2.36. The Kier molecular flexibility index (Phi) is 8.60. The van der Waals surface area contributed by atoms with E-state index >= 15 is 0 Å². The van der Waals surface area contributed by atoms with Gasteiger partial charge in [-0.3, -0.25) is 10.3 Å². The second-order valence-corrected chi connectivity index (χ2v) is 8.56. The third kappa shape index (κ3) is 6.33. The smallest absolute Gasteiger partial charge is 0.141 e. The molecule has 3 rings (SSSR count). The molecule has 29 heavy (non-hydrogen) atoms. The summed E-state index contributed by atoms with van der Waals surface area (Å²) in [6, 6.07) is 0. The van der Waals surface area contributed by atoms with Gasteiger partial charge < -0.3 is 5.32 Å². The van der Waals surface area contributed by atoms with Gasteiger partial charge in [0.25, 0.3) is 0 Å². The summed E-state index contributed by atoms with van der Waals surface area (Å²) < 4.78 is 0. The molecule has 2 aliphatic heterocycles. The fourth-order valence-corrected chi connectivity index (χ4v) is 4.32. The maximum atomic E-state index is 4.98. The van der Waals surface area contributed by atoms with Crippen molar-refractivity contribution in [1.82, 2.24) is 15.6 Å². The summed E-state index contributed by atoms with van der Waals surface area (Å²) >= 11 is 0. The standard InChI is InChI=1S/C23H38BN5/c1-3-5-10-18(4-2)16-26-22-15-21(28-23-20(24)17-27-29(22)23)25-14-9-13-19-11-7-6-8-12-19/h3-5,11,17-18,20,22-23,26H,2,6-10,12-16,24H2,1H3,(H,25,28)/b5-3-. The van der Waals surface area contributed by atoms with Crippen LogP contribution in [-0.4, -0.2) is 50.3 Å². The van der Waals surface area contributed by atoms with Crippen LogP contribution in [0.1, 0.15) is 58.3 Å². The molecule has 2 heterocycles. The van der Waals surface area contributed by atoms with Gasteiger partial charge in [0.15, 0.2) is 0 Å². The van der Waals surface area contributed by atoms with Crippen LogP contribution < -0.4 is 10.6 Å². The van der Waals surface area contributed by atoms with E-state index < -0.39 is 0 Å². The lowest BCUT2D eigenvalue weighted by atomic mass is 9.86. The van der Waals surface area contributed by atoms with Gasteiger partial charge in [0.2, 0.25) is 0 Å². The van der Waals surface area contributed by atoms with Crippen LogP contribution in [0.3, 0.4) is 0 Å². The number of rotatable bonds is 10. The molecule has 0 aromatic carbocycles. The lowest BCUT2D eigenvalue weighted by molar-refractivity contribution is 0.126. The molecular formula is C23H38BN5. The normalized spacial score (nSPS) is 27.5. The Morgan fingerprint density at radius 2 is 2.31 bits per heavy atom. The number of hydrogen-bond donors (Lipinski definition) is 2. The Morgan fingerprint density at radius 1 is 1.41 bits per heavy atom. The van der Waals surface area contributed by atoms with Crippen molar-refractivity contribution in [2.24, 2.45) is 16.0 Å². The average molecular weight is 395 g/mol. The molecule has 0 aromatic rings. The summed E-state index contributed by atoms with van der Waals surface area (Å²) in [7, 11) is 2.20. The molecule has 158 valence electrons. The molecule has 0 radical (unpaired) electrons. The number of aliphatic imine (C=N–C) groups is 1. The number of fused-ring (bicyclic) bond motifs is 1. The Bertz CT molecular complexity index is 654. The van der Waals surface area contributed by atoms with E-state index in [0.717, 1.165) is 31.8 Å². The van der Waals surface area contributed by atoms with Crippen LogP contribution in [0.2, 0.25) is 5.82 Å². The molecule has 0 amide bonds. The lowest BCUT2D eigenvalue weighted by Gasteiger charge is -2.37. The van der Waals surface area contributed by atoms with E-state index in [1.54, 1.807) is 5.57 Å². The van der Waals surface area contributed by atoms with E-state index in [9.17, 15) is 0 Å². The highest BCUT2D eigenvalue weighted by atomic mass is 15.6. The largest absolute Gasteiger partial charge is 0.374 e. The van der Waals surface area contributed by atoms with E-state index in [0.29, 0.717) is 11.7 Å². The first-order valence-electron chi connectivity index (χ1n) is 11.5. The SMILES string of the molecule is BC1C=NN2C(NCC(C=C)C/C=C\C)CC(NCCCC3=CCCCC3)=NC12. The summed E-state index contributed by atoms with van der Waals surface area (Å²) in [5, 5.41) is 14.1. The number of nitrogens with zero attached hydrogens (tertiary/aromatic N) is 3. The fraction of sp³-hybridized carbons (Fsp3) is 0.652. The Morgan fingerprint density at radius 3 is 3.07 bits per heavy atom. The van der Waals surface area contributed by atoms with Crippen molar-refractivity contribution in [2.45, 2.75) is 76.4 Å². The van der Waals surface area contributed by atoms with Crippen LogP contribution in [0.4, 0.5) is 0 Å². The van der Waals surface area contributed by atoms with E-state index in [-0.39, 0.29) is 12.3 Å². The number of allylic oxidation sites excluding steroid dienone is 4. The van der Waals surface area contributed by atoms with Gasteiger partial charge in [-0.05, 0) is 57.8 Å². The van der Waals surface area contributed by atoms with Gasteiger partial charge in [-0.25, -0.2) is 4.99 Å². The fourth-order valence-electron chi connectivity index (χ4n) is 4.32. The van der Waals surface area contributed by atoms with Crippen molar-refractivity contribution < 1.29 is 0 Å². The highest BCUT2D eigenvalue weighted by molar-refractivity contribution is 6.21. The van der Waals surface area contributed by atoms with E-state index in [4.69, 9.17) is 4.99 Å². The second-order valence-electron chi connectivity index (χ2n) is 8.56. The van der Waals surface area contributed by atoms with Crippen molar-refractivity contribution in [1.29, 1.82) is 0 Å². The van der Waals surface area contributed by atoms with Crippen LogP contribution in [0, 0.1) is 5.92 Å². The zero-order valence-electron chi connectivity index (χ0n) is 18.3. The molecule has 3 aliphatic rings. The van der Waals surface area contributed by atoms with Gasteiger partial charge in [-0.15, -0.1) is 6.58 Å². The molecule has 4 unspecified atom stereocenters. The van der Waals surface area contributed by atoms with Crippen LogP contribution in [0.25, 0.3) is 0 Å². The van der Waals surface area contributed by atoms with Gasteiger partial charge in [-0.2, -0.15) is 5.10 Å². The topological polar surface area (TPSA) is 52.0 Å². The summed E-state index contributed by atoms with van der Waals surface area (Å²) in [4.78, 5) is 4.98. The summed E-state index contributed by atoms with van der Waals surface area (Å²) in [6.45, 7) is 7.98. The lowest BCUT2D eigenvalue weighted by Crippen LogP contribution is -2.53. The molecule has 0 saturated heterocycles. The first kappa shape index (κ1) is 21.9. The van der Waals surface area contributed by atoms with Gasteiger partial charge in [0.05, 0.1) is 0 Å². The van der Waals surface area contributed by atoms with Crippen LogP contribution in [0.5, 0.6) is 0 Å². The maximum Gasteiger partial charge on any atom is 0.141 e. The molecule has 0 aromatic heterocycles. The summed E-state index contributed by atoms with van der Waals surface area (Å²) in [5.74, 6) is 1.91. The Balaban J connectivity index is 1.51. The highest BCUT2D eigenvalue weighted by Crippen LogP contribution is 2.28. The van der Waals surface area contributed by atoms with Crippen molar-refractivity contribution >= 4 is 19.9 Å². The predicted molar refractivity (Wildman–Crippen MR) is 127 cm³/mol. The number of nitrogens with one attached hydrogen (secondary N) is 2. The van der Waals surface area contributed by atoms with E-state index in [1.807, 2.05) is 6.21 Å². The van der Waals surface area contributed by atoms with Gasteiger partial charge in [-0.1, -0.05) is 29.9 Å². The molecule has 6 heteroatoms. The van der Waals surface area contributed by atoms with E-state index in [2.05, 4.69) is 66.4 Å². The Hall–Kier alpha value is -1.82. The minimum atomic E-state index is 0.113. The van der Waals surface area contributed by atoms with Gasteiger partial charge in [0.1, 0.15) is 26.0 Å². The predicted octanol–water partition coefficient (Wildman–Crippen LogP) is 3.39. The maximum absolute atomic E-state index is 4.98. The molecule has 4 atom stereocenters. The molecule has 0 bridgehead atoms. The zero-order valence-corrected chi connectivity index (χ0v) is 18.3. The van der Waals surface area contributed by atoms with Gasteiger partial charge in [0, 0.05) is 31.5 Å². The minimum absolute atomic E-state index is 0.113. The first-order valence-corrected chi connectivity index (χ1v) is 11.5. The molecule has 0 saturated carbocycles. The van der Waals surface area contributed by atoms with Crippen molar-refractivity contribution in [2.75, 3.05) is 13.1 Å². The molecule has 0 fully saturated rings. The third-order valence-electron chi connectivity index (χ3n) is 6.18. The molecular weight excluding hydrogens is 357 g/mol. The van der Waals surface area contributed by atoms with Crippen molar-refractivity contribution in [3.05, 3.63) is 36.5 Å². The van der Waals surface area contributed by atoms with Crippen LogP contribution in [0.15, 0.2) is 46.5 Å². The molecule has 5 nitrogen and oxygen atoms in total. The number of amidine groups is 1. The summed E-state index contributed by atoms with van der Waals surface area (Å²) in [6.07, 6.45) is 20.8. The number of hydrogen-bond acceptors (Lipinski definition) is 5. The second kappa shape index (κ2) is 11.4. The van der Waals surface area contributed by atoms with Gasteiger partial charge >= 0.3 is 0 Å². The minimum Gasteiger partial charge on any atom is -0.374 e. The van der Waals surface area contributed by atoms with Crippen molar-refractivity contribution in [3.63, 3.8) is 0 Å². The quantitative estimate of drug-likeness (QED) is 0.339. The average Bonchev–Trinajstić information content (AvgIpc) is 3.13. The third-order valence-corrected chi connectivity index (χ3v) is 6.18. The van der Waals surface area contributed by atoms with Crippen LogP contribution >= 0.6 is 0 Å². The molecule has 2 N–H and O–H groups in total.